The van der Waals surface area contributed by atoms with Gasteiger partial charge in [-0.1, -0.05) is 48.0 Å². The lowest BCUT2D eigenvalue weighted by atomic mass is 9.93. The highest BCUT2D eigenvalue weighted by atomic mass is 79.9. The van der Waals surface area contributed by atoms with Gasteiger partial charge in [-0.2, -0.15) is 0 Å². The Bertz CT molecular complexity index is 485. The van der Waals surface area contributed by atoms with Gasteiger partial charge < -0.3 is 10.0 Å². The van der Waals surface area contributed by atoms with Crippen molar-refractivity contribution in [1.82, 2.24) is 4.98 Å². The molecule has 2 heterocycles. The average Bonchev–Trinajstić information content (AvgIpc) is 2.65. The molecule has 4 nitrogen and oxygen atoms in total. The average molecular weight is 435 g/mol. The summed E-state index contributed by atoms with van der Waals surface area (Å²) in [5, 5.41) is 6.89. The van der Waals surface area contributed by atoms with Crippen LogP contribution in [-0.2, 0) is 11.2 Å². The Balaban J connectivity index is 0. The van der Waals surface area contributed by atoms with E-state index in [4.69, 9.17) is 9.90 Å². The molecule has 0 spiro atoms. The molecule has 1 saturated heterocycles. The normalized spacial score (nSPS) is 15.4. The molecule has 1 fully saturated rings. The lowest BCUT2D eigenvalue weighted by Gasteiger charge is -2.35. The van der Waals surface area contributed by atoms with Crippen LogP contribution in [0, 0.1) is 11.7 Å². The number of halogens is 2. The first-order valence-corrected chi connectivity index (χ1v) is 10.5. The number of pyridine rings is 1. The monoisotopic (exact) mass is 434 g/mol. The second-order valence-electron chi connectivity index (χ2n) is 5.42. The van der Waals surface area contributed by atoms with Crippen molar-refractivity contribution in [2.75, 3.05) is 18.0 Å². The SMILES string of the molecule is CC.CC.CCCC1CCCN(c2c(F)cc(Br)nc2CC)C1.O=CO. The maximum Gasteiger partial charge on any atom is 0.290 e. The maximum atomic E-state index is 14.3. The van der Waals surface area contributed by atoms with Crippen LogP contribution >= 0.6 is 15.9 Å². The van der Waals surface area contributed by atoms with Crippen LogP contribution in [0.25, 0.3) is 0 Å². The second kappa shape index (κ2) is 17.3. The number of nitrogens with zero attached hydrogens (tertiary/aromatic N) is 2. The number of piperidine rings is 1. The number of anilines is 1. The molecule has 0 saturated carbocycles. The number of rotatable bonds is 4. The molecule has 1 N–H and O–H groups in total. The number of hydrogen-bond donors (Lipinski definition) is 1. The van der Waals surface area contributed by atoms with Crippen molar-refractivity contribution in [2.24, 2.45) is 5.92 Å². The third-order valence-corrected chi connectivity index (χ3v) is 4.26. The van der Waals surface area contributed by atoms with Crippen LogP contribution in [-0.4, -0.2) is 29.7 Å². The number of hydrogen-bond acceptors (Lipinski definition) is 3. The van der Waals surface area contributed by atoms with Gasteiger partial charge in [-0.25, -0.2) is 9.37 Å². The van der Waals surface area contributed by atoms with Crippen LogP contribution < -0.4 is 4.90 Å². The summed E-state index contributed by atoms with van der Waals surface area (Å²) in [5.74, 6) is 0.558. The van der Waals surface area contributed by atoms with E-state index in [1.165, 1.54) is 25.3 Å². The van der Waals surface area contributed by atoms with Crippen LogP contribution in [0.1, 0.15) is 72.9 Å². The van der Waals surface area contributed by atoms with E-state index >= 15 is 0 Å². The first kappa shape index (κ1) is 27.1. The fourth-order valence-corrected chi connectivity index (χ4v) is 3.43. The summed E-state index contributed by atoms with van der Waals surface area (Å²) in [6.07, 6.45) is 5.64. The van der Waals surface area contributed by atoms with Gasteiger partial charge in [0.05, 0.1) is 11.4 Å². The Labute approximate surface area is 167 Å². The Kier molecular flexibility index (Phi) is 18.0. The molecule has 26 heavy (non-hydrogen) atoms. The molecule has 152 valence electrons. The highest BCUT2D eigenvalue weighted by Crippen LogP contribution is 2.31. The van der Waals surface area contributed by atoms with Crippen molar-refractivity contribution in [2.45, 2.75) is 73.6 Å². The molecular formula is C20H36BrFN2O2. The smallest absolute Gasteiger partial charge is 0.290 e. The molecule has 1 unspecified atom stereocenters. The lowest BCUT2D eigenvalue weighted by molar-refractivity contribution is -0.122. The molecule has 1 aliphatic heterocycles. The molecule has 1 aliphatic rings. The predicted octanol–water partition coefficient (Wildman–Crippen LogP) is 6.32. The zero-order valence-electron chi connectivity index (χ0n) is 17.2. The predicted molar refractivity (Wildman–Crippen MR) is 113 cm³/mol. The summed E-state index contributed by atoms with van der Waals surface area (Å²) in [4.78, 5) is 15.0. The zero-order valence-corrected chi connectivity index (χ0v) is 18.8. The van der Waals surface area contributed by atoms with Gasteiger partial charge in [-0.05, 0) is 47.5 Å². The van der Waals surface area contributed by atoms with Gasteiger partial charge in [0, 0.05) is 19.2 Å². The van der Waals surface area contributed by atoms with Gasteiger partial charge in [0.2, 0.25) is 0 Å². The second-order valence-corrected chi connectivity index (χ2v) is 6.24. The van der Waals surface area contributed by atoms with Crippen LogP contribution in [0.4, 0.5) is 10.1 Å². The number of aromatic nitrogens is 1. The molecule has 0 radical (unpaired) electrons. The summed E-state index contributed by atoms with van der Waals surface area (Å²) in [6.45, 7) is 13.9. The van der Waals surface area contributed by atoms with Crippen LogP contribution in [0.2, 0.25) is 0 Å². The summed E-state index contributed by atoms with van der Waals surface area (Å²) in [7, 11) is 0. The minimum absolute atomic E-state index is 0.143. The number of carboxylic acid groups (broad SMARTS) is 1. The first-order chi connectivity index (χ1) is 12.6. The highest BCUT2D eigenvalue weighted by molar-refractivity contribution is 9.10. The molecule has 1 aromatic rings. The minimum atomic E-state index is -0.250. The van der Waals surface area contributed by atoms with Gasteiger partial charge >= 0.3 is 0 Å². The third-order valence-electron chi connectivity index (χ3n) is 3.85. The van der Waals surface area contributed by atoms with Crippen molar-refractivity contribution >= 4 is 28.1 Å². The Morgan fingerprint density at radius 1 is 1.35 bits per heavy atom. The molecule has 1 atom stereocenters. The molecular weight excluding hydrogens is 399 g/mol. The van der Waals surface area contributed by atoms with Crippen molar-refractivity contribution in [3.8, 4) is 0 Å². The van der Waals surface area contributed by atoms with Crippen molar-refractivity contribution < 1.29 is 14.3 Å². The van der Waals surface area contributed by atoms with E-state index in [0.29, 0.717) is 10.5 Å². The van der Waals surface area contributed by atoms with Crippen LogP contribution in [0.3, 0.4) is 0 Å². The summed E-state index contributed by atoms with van der Waals surface area (Å²) in [6, 6.07) is 1.48. The van der Waals surface area contributed by atoms with E-state index < -0.39 is 0 Å². The highest BCUT2D eigenvalue weighted by Gasteiger charge is 2.24. The van der Waals surface area contributed by atoms with E-state index in [9.17, 15) is 4.39 Å². The van der Waals surface area contributed by atoms with Gasteiger partial charge in [-0.3, -0.25) is 4.79 Å². The van der Waals surface area contributed by atoms with E-state index in [1.807, 2.05) is 34.6 Å². The van der Waals surface area contributed by atoms with Crippen molar-refractivity contribution in [3.05, 3.63) is 22.2 Å². The summed E-state index contributed by atoms with van der Waals surface area (Å²) >= 11 is 3.28. The van der Waals surface area contributed by atoms with Gasteiger partial charge in [0.15, 0.2) is 5.82 Å². The fourth-order valence-electron chi connectivity index (χ4n) is 3.02. The fraction of sp³-hybridized carbons (Fsp3) is 0.700. The van der Waals surface area contributed by atoms with E-state index in [0.717, 1.165) is 37.3 Å². The molecule has 1 aromatic heterocycles. The molecule has 2 rings (SSSR count). The summed E-state index contributed by atoms with van der Waals surface area (Å²) < 4.78 is 14.9. The largest absolute Gasteiger partial charge is 0.483 e. The zero-order chi connectivity index (χ0) is 20.5. The molecule has 0 aliphatic carbocycles. The Hall–Kier alpha value is -1.17. The molecule has 0 amide bonds. The van der Waals surface area contributed by atoms with E-state index in [-0.39, 0.29) is 12.3 Å². The van der Waals surface area contributed by atoms with E-state index in [2.05, 4.69) is 32.7 Å². The van der Waals surface area contributed by atoms with Crippen LogP contribution in [0.5, 0.6) is 0 Å². The Morgan fingerprint density at radius 3 is 2.42 bits per heavy atom. The molecule has 0 bridgehead atoms. The number of aryl methyl sites for hydroxylation is 1. The van der Waals surface area contributed by atoms with Gasteiger partial charge in [0.25, 0.3) is 6.47 Å². The molecule has 6 heteroatoms. The van der Waals surface area contributed by atoms with E-state index in [1.54, 1.807) is 0 Å². The third kappa shape index (κ3) is 9.51. The minimum Gasteiger partial charge on any atom is -0.483 e. The summed E-state index contributed by atoms with van der Waals surface area (Å²) in [5.41, 5.74) is 1.59. The van der Waals surface area contributed by atoms with Crippen LogP contribution in [0.15, 0.2) is 10.7 Å². The first-order valence-electron chi connectivity index (χ1n) is 9.75. The molecule has 0 aromatic carbocycles. The Morgan fingerprint density at radius 2 is 1.92 bits per heavy atom. The van der Waals surface area contributed by atoms with Gasteiger partial charge in [-0.15, -0.1) is 0 Å². The maximum absolute atomic E-state index is 14.3. The lowest BCUT2D eigenvalue weighted by Crippen LogP contribution is -2.36. The topological polar surface area (TPSA) is 53.4 Å². The quantitative estimate of drug-likeness (QED) is 0.445. The van der Waals surface area contributed by atoms with Crippen molar-refractivity contribution in [1.29, 1.82) is 0 Å². The van der Waals surface area contributed by atoms with Crippen molar-refractivity contribution in [3.63, 3.8) is 0 Å². The number of carbonyl (C=O) groups is 1. The van der Waals surface area contributed by atoms with Gasteiger partial charge in [0.1, 0.15) is 4.60 Å². The standard InChI is InChI=1S/C15H22BrFN2.2C2H6.CH2O2/c1-3-6-11-7-5-8-19(10-11)15-12(17)9-14(16)18-13(15)4-2;2*1-2;2-1-3/h9,11H,3-8,10H2,1-2H3;2*1-2H3;1H,(H,2,3).